The van der Waals surface area contributed by atoms with Crippen molar-refractivity contribution in [2.75, 3.05) is 0 Å². The highest BCUT2D eigenvalue weighted by atomic mass is 79.9. The number of halogens is 1. The molecular formula is C20H23BrN2O2S. The molecular weight excluding hydrogens is 412 g/mol. The summed E-state index contributed by atoms with van der Waals surface area (Å²) in [5.41, 5.74) is 1.63. The third kappa shape index (κ3) is 5.81. The quantitative estimate of drug-likeness (QED) is 0.628. The van der Waals surface area contributed by atoms with Gasteiger partial charge in [-0.2, -0.15) is 0 Å². The van der Waals surface area contributed by atoms with Gasteiger partial charge in [-0.1, -0.05) is 37.3 Å². The van der Waals surface area contributed by atoms with Gasteiger partial charge >= 0.3 is 0 Å². The van der Waals surface area contributed by atoms with Crippen LogP contribution in [-0.4, -0.2) is 17.1 Å². The molecule has 2 N–H and O–H groups in total. The maximum atomic E-state index is 12.4. The van der Waals surface area contributed by atoms with Crippen molar-refractivity contribution in [1.29, 1.82) is 0 Å². The number of benzene rings is 2. The molecule has 1 atom stereocenters. The molecule has 0 radical (unpaired) electrons. The van der Waals surface area contributed by atoms with E-state index in [1.807, 2.05) is 44.2 Å². The summed E-state index contributed by atoms with van der Waals surface area (Å²) in [4.78, 5) is 12.4. The van der Waals surface area contributed by atoms with Gasteiger partial charge in [-0.15, -0.1) is 0 Å². The SMILES string of the molecule is CCC(NC(=S)NC(=O)c1ccc(OC(C)C)c(Br)c1)c1ccccc1. The van der Waals surface area contributed by atoms with Crippen molar-refractivity contribution < 1.29 is 9.53 Å². The summed E-state index contributed by atoms with van der Waals surface area (Å²) in [5, 5.41) is 6.25. The number of carbonyl (C=O) groups is 1. The molecule has 0 saturated heterocycles. The second-order valence-electron chi connectivity index (χ2n) is 6.11. The summed E-state index contributed by atoms with van der Waals surface area (Å²) in [7, 11) is 0. The van der Waals surface area contributed by atoms with Crippen molar-refractivity contribution in [2.45, 2.75) is 39.3 Å². The normalized spacial score (nSPS) is 11.7. The molecule has 0 saturated carbocycles. The Morgan fingerprint density at radius 1 is 1.19 bits per heavy atom. The first-order valence-electron chi connectivity index (χ1n) is 8.53. The molecule has 26 heavy (non-hydrogen) atoms. The maximum Gasteiger partial charge on any atom is 0.257 e. The number of rotatable bonds is 6. The van der Waals surface area contributed by atoms with Crippen LogP contribution >= 0.6 is 28.1 Å². The van der Waals surface area contributed by atoms with Crippen LogP contribution in [0.2, 0.25) is 0 Å². The molecule has 0 aliphatic heterocycles. The van der Waals surface area contributed by atoms with Gasteiger partial charge in [0.2, 0.25) is 0 Å². The highest BCUT2D eigenvalue weighted by Crippen LogP contribution is 2.27. The molecule has 0 aliphatic carbocycles. The Kier molecular flexibility index (Phi) is 7.60. The summed E-state index contributed by atoms with van der Waals surface area (Å²) in [6.07, 6.45) is 0.916. The average Bonchev–Trinajstić information content (AvgIpc) is 2.61. The first-order chi connectivity index (χ1) is 12.4. The molecule has 138 valence electrons. The van der Waals surface area contributed by atoms with E-state index >= 15 is 0 Å². The lowest BCUT2D eigenvalue weighted by molar-refractivity contribution is 0.0976. The van der Waals surface area contributed by atoms with Crippen LogP contribution < -0.4 is 15.4 Å². The van der Waals surface area contributed by atoms with Gasteiger partial charge in [0.05, 0.1) is 16.6 Å². The molecule has 2 rings (SSSR count). The van der Waals surface area contributed by atoms with E-state index in [4.69, 9.17) is 17.0 Å². The van der Waals surface area contributed by atoms with E-state index in [0.29, 0.717) is 16.4 Å². The van der Waals surface area contributed by atoms with Crippen LogP contribution in [0.3, 0.4) is 0 Å². The van der Waals surface area contributed by atoms with Crippen LogP contribution in [0.5, 0.6) is 5.75 Å². The van der Waals surface area contributed by atoms with Crippen LogP contribution in [-0.2, 0) is 0 Å². The van der Waals surface area contributed by atoms with Crippen LogP contribution in [0.4, 0.5) is 0 Å². The number of carbonyl (C=O) groups excluding carboxylic acids is 1. The van der Waals surface area contributed by atoms with Gasteiger partial charge in [0, 0.05) is 5.56 Å². The fourth-order valence-corrected chi connectivity index (χ4v) is 3.17. The molecule has 1 unspecified atom stereocenters. The molecule has 6 heteroatoms. The number of hydrogen-bond donors (Lipinski definition) is 2. The van der Waals surface area contributed by atoms with Crippen LogP contribution in [0.1, 0.15) is 49.2 Å². The van der Waals surface area contributed by atoms with E-state index in [-0.39, 0.29) is 18.1 Å². The van der Waals surface area contributed by atoms with Gasteiger partial charge in [-0.3, -0.25) is 10.1 Å². The Morgan fingerprint density at radius 3 is 2.46 bits per heavy atom. The van der Waals surface area contributed by atoms with Gasteiger partial charge in [0.1, 0.15) is 5.75 Å². The summed E-state index contributed by atoms with van der Waals surface area (Å²) in [5.74, 6) is 0.439. The van der Waals surface area contributed by atoms with Crippen molar-refractivity contribution in [2.24, 2.45) is 0 Å². The monoisotopic (exact) mass is 434 g/mol. The van der Waals surface area contributed by atoms with Gasteiger partial charge in [0.15, 0.2) is 5.11 Å². The second kappa shape index (κ2) is 9.69. The zero-order chi connectivity index (χ0) is 19.1. The Morgan fingerprint density at radius 2 is 1.88 bits per heavy atom. The van der Waals surface area contributed by atoms with Gasteiger partial charge in [0.25, 0.3) is 5.91 Å². The Labute approximate surface area is 168 Å². The summed E-state index contributed by atoms with van der Waals surface area (Å²) >= 11 is 8.75. The lowest BCUT2D eigenvalue weighted by atomic mass is 10.1. The average molecular weight is 435 g/mol. The molecule has 0 bridgehead atoms. The van der Waals surface area contributed by atoms with Gasteiger partial charge in [-0.25, -0.2) is 0 Å². The van der Waals surface area contributed by atoms with Crippen LogP contribution in [0, 0.1) is 0 Å². The minimum atomic E-state index is -0.262. The van der Waals surface area contributed by atoms with Crippen molar-refractivity contribution in [3.63, 3.8) is 0 Å². The molecule has 4 nitrogen and oxygen atoms in total. The van der Waals surface area contributed by atoms with Gasteiger partial charge < -0.3 is 10.1 Å². The van der Waals surface area contributed by atoms with Crippen molar-refractivity contribution in [1.82, 2.24) is 10.6 Å². The molecule has 0 heterocycles. The first kappa shape index (κ1) is 20.4. The zero-order valence-corrected chi connectivity index (χ0v) is 17.5. The number of thiocarbonyl (C=S) groups is 1. The molecule has 0 aliphatic rings. The number of ether oxygens (including phenoxy) is 1. The largest absolute Gasteiger partial charge is 0.490 e. The Bertz CT molecular complexity index is 766. The van der Waals surface area contributed by atoms with Crippen molar-refractivity contribution in [3.05, 3.63) is 64.1 Å². The lowest BCUT2D eigenvalue weighted by Gasteiger charge is -2.19. The van der Waals surface area contributed by atoms with Crippen LogP contribution in [0.15, 0.2) is 53.0 Å². The highest BCUT2D eigenvalue weighted by Gasteiger charge is 2.14. The fraction of sp³-hybridized carbons (Fsp3) is 0.300. The van der Waals surface area contributed by atoms with E-state index in [1.165, 1.54) is 0 Å². The number of nitrogens with one attached hydrogen (secondary N) is 2. The smallest absolute Gasteiger partial charge is 0.257 e. The third-order valence-corrected chi connectivity index (χ3v) is 4.54. The van der Waals surface area contributed by atoms with E-state index in [1.54, 1.807) is 18.2 Å². The Balaban J connectivity index is 2.00. The molecule has 0 spiro atoms. The standard InChI is InChI=1S/C20H23BrN2O2S/c1-4-17(14-8-6-5-7-9-14)22-20(26)23-19(24)15-10-11-18(16(21)12-15)25-13(2)3/h5-13,17H,4H2,1-3H3,(H2,22,23,24,26). The predicted molar refractivity (Wildman–Crippen MR) is 113 cm³/mol. The van der Waals surface area contributed by atoms with E-state index in [9.17, 15) is 4.79 Å². The van der Waals surface area contributed by atoms with E-state index in [0.717, 1.165) is 16.5 Å². The number of amides is 1. The third-order valence-electron chi connectivity index (χ3n) is 3.70. The summed E-state index contributed by atoms with van der Waals surface area (Å²) in [6, 6.07) is 15.3. The predicted octanol–water partition coefficient (Wildman–Crippen LogP) is 4.99. The fourth-order valence-electron chi connectivity index (χ4n) is 2.47. The van der Waals surface area contributed by atoms with Gasteiger partial charge in [-0.05, 0) is 72.2 Å². The second-order valence-corrected chi connectivity index (χ2v) is 7.37. The lowest BCUT2D eigenvalue weighted by Crippen LogP contribution is -2.40. The zero-order valence-electron chi connectivity index (χ0n) is 15.1. The van der Waals surface area contributed by atoms with Crippen molar-refractivity contribution >= 4 is 39.2 Å². The summed E-state index contributed by atoms with van der Waals surface area (Å²) in [6.45, 7) is 5.97. The number of hydrogen-bond acceptors (Lipinski definition) is 3. The highest BCUT2D eigenvalue weighted by molar-refractivity contribution is 9.10. The molecule has 2 aromatic carbocycles. The van der Waals surface area contributed by atoms with Crippen LogP contribution in [0.25, 0.3) is 0 Å². The molecule has 0 fully saturated rings. The minimum Gasteiger partial charge on any atom is -0.490 e. The molecule has 1 amide bonds. The maximum absolute atomic E-state index is 12.4. The Hall–Kier alpha value is -1.92. The van der Waals surface area contributed by atoms with E-state index in [2.05, 4.69) is 33.5 Å². The van der Waals surface area contributed by atoms with Crippen molar-refractivity contribution in [3.8, 4) is 5.75 Å². The first-order valence-corrected chi connectivity index (χ1v) is 9.73. The summed E-state index contributed by atoms with van der Waals surface area (Å²) < 4.78 is 6.39. The topological polar surface area (TPSA) is 50.4 Å². The van der Waals surface area contributed by atoms with E-state index < -0.39 is 0 Å². The molecule has 0 aromatic heterocycles. The molecule has 2 aromatic rings. The minimum absolute atomic E-state index is 0.0533.